The Kier molecular flexibility index (Phi) is 17.6. The molecule has 0 unspecified atom stereocenters. The van der Waals surface area contributed by atoms with Crippen molar-refractivity contribution in [2.24, 2.45) is 0 Å². The Bertz CT molecular complexity index is 4310. The second-order valence-electron chi connectivity index (χ2n) is 24.7. The van der Waals surface area contributed by atoms with Gasteiger partial charge in [-0.2, -0.15) is 0 Å². The van der Waals surface area contributed by atoms with Gasteiger partial charge in [-0.3, -0.25) is 0 Å². The number of unbranched alkanes of at least 4 members (excludes halogenated alkanes) is 4. The average molecular weight is 1520 g/mol. The van der Waals surface area contributed by atoms with Crippen molar-refractivity contribution in [3.8, 4) is 23.0 Å². The van der Waals surface area contributed by atoms with Crippen LogP contribution in [0.1, 0.15) is 112 Å². The van der Waals surface area contributed by atoms with Crippen LogP contribution in [0.15, 0.2) is 192 Å². The lowest BCUT2D eigenvalue weighted by atomic mass is 9.30. The fourth-order valence-corrected chi connectivity index (χ4v) is 17.3. The van der Waals surface area contributed by atoms with E-state index < -0.39 is 0 Å². The second kappa shape index (κ2) is 25.9. The number of fused-ring (bicyclic) bond motifs is 8. The van der Waals surface area contributed by atoms with E-state index in [4.69, 9.17) is 9.47 Å². The first kappa shape index (κ1) is 60.4. The van der Waals surface area contributed by atoms with Crippen LogP contribution in [0.4, 0.5) is 51.2 Å². The van der Waals surface area contributed by atoms with Gasteiger partial charge in [-0.15, -0.1) is 0 Å². The maximum atomic E-state index is 7.22. The Labute approximate surface area is 573 Å². The normalized spacial score (nSPS) is 13.2. The quantitative estimate of drug-likeness (QED) is 0.0592. The molecule has 0 aromatic heterocycles. The number of hydrogen-bond acceptors (Lipinski definition) is 6. The summed E-state index contributed by atoms with van der Waals surface area (Å²) in [6.07, 6.45) is 13.5. The molecule has 0 saturated carbocycles. The van der Waals surface area contributed by atoms with E-state index in [1.54, 1.807) is 0 Å². The molecule has 4 aliphatic heterocycles. The van der Waals surface area contributed by atoms with E-state index in [1.165, 1.54) is 117 Å². The summed E-state index contributed by atoms with van der Waals surface area (Å²) in [4.78, 5) is 10.3. The molecule has 444 valence electrons. The largest absolute Gasteiger partial charge is 0.457 e. The van der Waals surface area contributed by atoms with Gasteiger partial charge in [-0.05, 0) is 303 Å². The molecule has 0 bridgehead atoms. The van der Waals surface area contributed by atoms with Gasteiger partial charge >= 0.3 is 0 Å². The smallest absolute Gasteiger partial charge is 0.253 e. The van der Waals surface area contributed by atoms with Crippen LogP contribution in [0.3, 0.4) is 0 Å². The lowest BCUT2D eigenvalue weighted by molar-refractivity contribution is 0.481. The van der Waals surface area contributed by atoms with E-state index in [-0.39, 0.29) is 13.4 Å². The van der Waals surface area contributed by atoms with Crippen molar-refractivity contribution in [1.82, 2.24) is 0 Å². The summed E-state index contributed by atoms with van der Waals surface area (Å²) in [6, 6.07) is 69.7. The standard InChI is InChI=1S/C78H72B2I3N3O2S/c1-7-11-15-51-19-29-57(30-20-51)86-69-41-50(6)40-66(83)76(69)80-65-47-64-67(48-68(65)84(58-31-25-55(81)26-32-58)70-43-62(44-71(86)77(70)80)87-60-35-21-52(22-36-60)16-12-8-2)85(59-33-27-56(82)28-34-59)72-45-63(88-61-37-23-53(24-38-61)17-13-9-3)46-74-78(72)79(64)75-54(18-14-10-4)39-49(5)42-73(75)89-74/h19-48H,7-18H2,1-6H3. The van der Waals surface area contributed by atoms with Crippen LogP contribution >= 0.6 is 79.5 Å². The molecule has 5 nitrogen and oxygen atoms in total. The van der Waals surface area contributed by atoms with Crippen molar-refractivity contribution >= 4 is 177 Å². The summed E-state index contributed by atoms with van der Waals surface area (Å²) >= 11 is 9.52. The Morgan fingerprint density at radius 3 is 1.27 bits per heavy atom. The zero-order chi connectivity index (χ0) is 61.0. The highest BCUT2D eigenvalue weighted by Gasteiger charge is 2.49. The van der Waals surface area contributed by atoms with Crippen LogP contribution < -0.4 is 57.0 Å². The summed E-state index contributed by atoms with van der Waals surface area (Å²) < 4.78 is 17.9. The van der Waals surface area contributed by atoms with Crippen molar-refractivity contribution < 1.29 is 9.47 Å². The highest BCUT2D eigenvalue weighted by Crippen LogP contribution is 2.51. The minimum Gasteiger partial charge on any atom is -0.457 e. The number of hydrogen-bond donors (Lipinski definition) is 0. The molecular formula is C78H72B2I3N3O2S. The molecule has 11 heteroatoms. The summed E-state index contributed by atoms with van der Waals surface area (Å²) in [6.45, 7) is 13.5. The Hall–Kier alpha value is -6.13. The third-order valence-corrected chi connectivity index (χ3v) is 21.8. The van der Waals surface area contributed by atoms with Gasteiger partial charge in [0.25, 0.3) is 6.71 Å². The molecule has 0 radical (unpaired) electrons. The summed E-state index contributed by atoms with van der Waals surface area (Å²) in [5.74, 6) is 3.30. The van der Waals surface area contributed by atoms with E-state index in [0.29, 0.717) is 0 Å². The highest BCUT2D eigenvalue weighted by atomic mass is 127. The number of halogens is 3. The molecule has 0 N–H and O–H groups in total. The van der Waals surface area contributed by atoms with Crippen LogP contribution in [0.25, 0.3) is 0 Å². The topological polar surface area (TPSA) is 28.2 Å². The van der Waals surface area contributed by atoms with Gasteiger partial charge in [0.05, 0.1) is 0 Å². The van der Waals surface area contributed by atoms with Gasteiger partial charge in [0.1, 0.15) is 23.0 Å². The predicted molar refractivity (Wildman–Crippen MR) is 405 cm³/mol. The maximum absolute atomic E-state index is 7.22. The fourth-order valence-electron chi connectivity index (χ4n) is 14.1. The van der Waals surface area contributed by atoms with Crippen molar-refractivity contribution in [3.63, 3.8) is 0 Å². The molecule has 4 heterocycles. The fraction of sp³-hybridized carbons (Fsp3) is 0.231. The number of anilines is 9. The Morgan fingerprint density at radius 1 is 0.360 bits per heavy atom. The second-order valence-corrected chi connectivity index (χ2v) is 29.5. The molecule has 0 fully saturated rings. The molecule has 0 spiro atoms. The van der Waals surface area contributed by atoms with Crippen LogP contribution in [0.5, 0.6) is 23.0 Å². The van der Waals surface area contributed by atoms with Crippen LogP contribution in [-0.4, -0.2) is 13.4 Å². The molecule has 89 heavy (non-hydrogen) atoms. The molecule has 10 aromatic rings. The van der Waals surface area contributed by atoms with E-state index in [1.807, 2.05) is 11.8 Å². The molecule has 0 saturated heterocycles. The van der Waals surface area contributed by atoms with E-state index in [2.05, 4.69) is 306 Å². The molecule has 0 amide bonds. The number of aryl methyl sites for hydroxylation is 6. The molecule has 4 aliphatic rings. The van der Waals surface area contributed by atoms with Crippen LogP contribution in [-0.2, 0) is 25.7 Å². The summed E-state index contributed by atoms with van der Waals surface area (Å²) in [5, 5.41) is 0. The van der Waals surface area contributed by atoms with Gasteiger partial charge in [0.2, 0.25) is 6.71 Å². The number of benzene rings is 10. The Morgan fingerprint density at radius 2 is 0.764 bits per heavy atom. The van der Waals surface area contributed by atoms with Gasteiger partial charge in [0, 0.05) is 89.9 Å². The number of nitrogens with zero attached hydrogens (tertiary/aromatic N) is 3. The van der Waals surface area contributed by atoms with Gasteiger partial charge in [0.15, 0.2) is 0 Å². The minimum absolute atomic E-state index is 0.0596. The third-order valence-electron chi connectivity index (χ3n) is 18.4. The molecule has 0 aliphatic carbocycles. The van der Waals surface area contributed by atoms with E-state index >= 15 is 0 Å². The highest BCUT2D eigenvalue weighted by molar-refractivity contribution is 14.1. The van der Waals surface area contributed by atoms with Gasteiger partial charge in [-0.25, -0.2) is 0 Å². The first-order valence-electron chi connectivity index (χ1n) is 32.2. The van der Waals surface area contributed by atoms with Gasteiger partial charge in [-0.1, -0.05) is 125 Å². The number of ether oxygens (including phenoxy) is 2. The van der Waals surface area contributed by atoms with E-state index in [0.717, 1.165) is 121 Å². The summed E-state index contributed by atoms with van der Waals surface area (Å²) in [5.41, 5.74) is 26.3. The van der Waals surface area contributed by atoms with Crippen molar-refractivity contribution in [3.05, 3.63) is 226 Å². The average Bonchev–Trinajstić information content (AvgIpc) is 0.692. The monoisotopic (exact) mass is 1520 g/mol. The lowest BCUT2D eigenvalue weighted by Crippen LogP contribution is -2.65. The first-order chi connectivity index (χ1) is 43.5. The number of rotatable bonds is 19. The van der Waals surface area contributed by atoms with Crippen LogP contribution in [0.2, 0.25) is 0 Å². The third kappa shape index (κ3) is 11.6. The minimum atomic E-state index is -0.137. The zero-order valence-corrected chi connectivity index (χ0v) is 58.9. The van der Waals surface area contributed by atoms with Crippen molar-refractivity contribution in [2.45, 2.75) is 128 Å². The first-order valence-corrected chi connectivity index (χ1v) is 36.2. The predicted octanol–water partition coefficient (Wildman–Crippen LogP) is 19.9. The lowest BCUT2D eigenvalue weighted by Gasteiger charge is -2.46. The van der Waals surface area contributed by atoms with Crippen molar-refractivity contribution in [1.29, 1.82) is 0 Å². The Balaban J connectivity index is 1.06. The van der Waals surface area contributed by atoms with Gasteiger partial charge < -0.3 is 24.2 Å². The molecule has 14 rings (SSSR count). The molecule has 0 atom stereocenters. The SMILES string of the molecule is CCCCc1ccc(Oc2cc3c4c(c2)N(c2ccc(I)cc2)c2cc5c(cc2B4c2c(CCCC)cc(C)cc2S3)B2c3c(I)cc(C)cc3N(c3ccc(CCCC)cc3)c3cc(Oc4ccc(CCCC)cc4)cc(c32)N5c2ccc(I)cc2)cc1. The van der Waals surface area contributed by atoms with Crippen molar-refractivity contribution in [2.75, 3.05) is 14.7 Å². The maximum Gasteiger partial charge on any atom is 0.253 e. The summed E-state index contributed by atoms with van der Waals surface area (Å²) in [7, 11) is 0. The molecule has 10 aromatic carbocycles. The van der Waals surface area contributed by atoms with E-state index in [9.17, 15) is 0 Å². The molecular weight excluding hydrogens is 1450 g/mol. The zero-order valence-electron chi connectivity index (χ0n) is 51.7. The van der Waals surface area contributed by atoms with Crippen LogP contribution in [0, 0.1) is 24.6 Å².